The van der Waals surface area contributed by atoms with Crippen molar-refractivity contribution in [1.29, 1.82) is 0 Å². The van der Waals surface area contributed by atoms with Crippen molar-refractivity contribution in [2.24, 2.45) is 0 Å². The van der Waals surface area contributed by atoms with Crippen LogP contribution in [0.4, 0.5) is 0 Å². The standard InChI is InChI=1S/C23H29N3O4S/c1-3-26(4-2)31(29,30)21-9-7-8-20(16-21)22(27)24-17-18-10-12-19(13-11-18)23(28)25-14-5-6-15-25/h7-13,16H,3-6,14-15,17H2,1-2H3,(H,24,27). The molecule has 2 aromatic carbocycles. The Bertz CT molecular complexity index is 1030. The van der Waals surface area contributed by atoms with Gasteiger partial charge in [0, 0.05) is 43.9 Å². The third-order valence-electron chi connectivity index (χ3n) is 5.49. The highest BCUT2D eigenvalue weighted by Gasteiger charge is 2.22. The first kappa shape index (κ1) is 23.0. The molecule has 0 saturated carbocycles. The monoisotopic (exact) mass is 443 g/mol. The minimum absolute atomic E-state index is 0.0410. The number of hydrogen-bond acceptors (Lipinski definition) is 4. The number of nitrogens with one attached hydrogen (secondary N) is 1. The van der Waals surface area contributed by atoms with Gasteiger partial charge >= 0.3 is 0 Å². The average Bonchev–Trinajstić information content (AvgIpc) is 3.33. The van der Waals surface area contributed by atoms with E-state index in [-0.39, 0.29) is 28.8 Å². The van der Waals surface area contributed by atoms with Crippen LogP contribution in [-0.4, -0.2) is 55.6 Å². The highest BCUT2D eigenvalue weighted by molar-refractivity contribution is 7.89. The number of carbonyl (C=O) groups excluding carboxylic acids is 2. The van der Waals surface area contributed by atoms with Crippen LogP contribution in [0.3, 0.4) is 0 Å². The summed E-state index contributed by atoms with van der Waals surface area (Å²) in [5.41, 5.74) is 1.79. The molecule has 1 saturated heterocycles. The fourth-order valence-corrected chi connectivity index (χ4v) is 5.17. The molecule has 1 aliphatic heterocycles. The lowest BCUT2D eigenvalue weighted by Crippen LogP contribution is -2.31. The van der Waals surface area contributed by atoms with E-state index in [0.717, 1.165) is 31.5 Å². The first-order chi connectivity index (χ1) is 14.9. The summed E-state index contributed by atoms with van der Waals surface area (Å²) in [5.74, 6) is -0.312. The molecule has 1 heterocycles. The number of carbonyl (C=O) groups is 2. The maximum absolute atomic E-state index is 12.7. The summed E-state index contributed by atoms with van der Waals surface area (Å²) in [6.45, 7) is 6.18. The second-order valence-electron chi connectivity index (χ2n) is 7.50. The molecule has 0 atom stereocenters. The molecule has 0 aromatic heterocycles. The van der Waals surface area contributed by atoms with E-state index in [9.17, 15) is 18.0 Å². The van der Waals surface area contributed by atoms with E-state index in [0.29, 0.717) is 18.7 Å². The molecule has 0 radical (unpaired) electrons. The molecular formula is C23H29N3O4S. The summed E-state index contributed by atoms with van der Waals surface area (Å²) >= 11 is 0. The molecule has 8 heteroatoms. The lowest BCUT2D eigenvalue weighted by Gasteiger charge is -2.18. The van der Waals surface area contributed by atoms with E-state index in [2.05, 4.69) is 5.32 Å². The quantitative estimate of drug-likeness (QED) is 0.680. The molecule has 0 aliphatic carbocycles. The van der Waals surface area contributed by atoms with Crippen LogP contribution in [0.5, 0.6) is 0 Å². The first-order valence-electron chi connectivity index (χ1n) is 10.6. The maximum atomic E-state index is 12.7. The number of likely N-dealkylation sites (tertiary alicyclic amines) is 1. The van der Waals surface area contributed by atoms with Crippen LogP contribution < -0.4 is 5.32 Å². The van der Waals surface area contributed by atoms with Gasteiger partial charge in [-0.25, -0.2) is 8.42 Å². The van der Waals surface area contributed by atoms with Crippen molar-refractivity contribution >= 4 is 21.8 Å². The van der Waals surface area contributed by atoms with Crippen molar-refractivity contribution < 1.29 is 18.0 Å². The van der Waals surface area contributed by atoms with Gasteiger partial charge in [-0.1, -0.05) is 32.0 Å². The Hall–Kier alpha value is -2.71. The van der Waals surface area contributed by atoms with E-state index in [4.69, 9.17) is 0 Å². The zero-order valence-electron chi connectivity index (χ0n) is 18.0. The number of nitrogens with zero attached hydrogens (tertiary/aromatic N) is 2. The van der Waals surface area contributed by atoms with Gasteiger partial charge in [-0.05, 0) is 48.7 Å². The van der Waals surface area contributed by atoms with Gasteiger partial charge in [0.2, 0.25) is 10.0 Å². The topological polar surface area (TPSA) is 86.8 Å². The van der Waals surface area contributed by atoms with Crippen LogP contribution in [0.15, 0.2) is 53.4 Å². The molecule has 0 bridgehead atoms. The van der Waals surface area contributed by atoms with E-state index < -0.39 is 10.0 Å². The van der Waals surface area contributed by atoms with E-state index >= 15 is 0 Å². The summed E-state index contributed by atoms with van der Waals surface area (Å²) in [4.78, 5) is 27.0. The van der Waals surface area contributed by atoms with Gasteiger partial charge in [0.25, 0.3) is 11.8 Å². The summed E-state index contributed by atoms with van der Waals surface area (Å²) < 4.78 is 26.7. The second kappa shape index (κ2) is 10.1. The van der Waals surface area contributed by atoms with Crippen LogP contribution in [0.2, 0.25) is 0 Å². The molecule has 2 amide bonds. The van der Waals surface area contributed by atoms with Gasteiger partial charge in [-0.15, -0.1) is 0 Å². The fourth-order valence-electron chi connectivity index (χ4n) is 3.66. The Morgan fingerprint density at radius 2 is 1.61 bits per heavy atom. The predicted octanol–water partition coefficient (Wildman–Crippen LogP) is 2.88. The highest BCUT2D eigenvalue weighted by atomic mass is 32.2. The Labute approximate surface area is 184 Å². The zero-order chi connectivity index (χ0) is 22.4. The molecule has 166 valence electrons. The summed E-state index contributed by atoms with van der Waals surface area (Å²) in [6.07, 6.45) is 2.10. The molecule has 31 heavy (non-hydrogen) atoms. The van der Waals surface area contributed by atoms with Crippen molar-refractivity contribution in [3.63, 3.8) is 0 Å². The van der Waals surface area contributed by atoms with Crippen molar-refractivity contribution in [3.8, 4) is 0 Å². The van der Waals surface area contributed by atoms with Crippen LogP contribution in [0.25, 0.3) is 0 Å². The third kappa shape index (κ3) is 5.32. The largest absolute Gasteiger partial charge is 0.348 e. The van der Waals surface area contributed by atoms with Crippen LogP contribution in [-0.2, 0) is 16.6 Å². The lowest BCUT2D eigenvalue weighted by atomic mass is 10.1. The maximum Gasteiger partial charge on any atom is 0.253 e. The molecule has 1 aliphatic rings. The molecule has 3 rings (SSSR count). The van der Waals surface area contributed by atoms with Crippen molar-refractivity contribution in [3.05, 3.63) is 65.2 Å². The van der Waals surface area contributed by atoms with Crippen LogP contribution in [0.1, 0.15) is 53.0 Å². The van der Waals surface area contributed by atoms with Gasteiger partial charge in [-0.2, -0.15) is 4.31 Å². The van der Waals surface area contributed by atoms with Crippen LogP contribution in [0, 0.1) is 0 Å². The zero-order valence-corrected chi connectivity index (χ0v) is 18.8. The molecule has 1 fully saturated rings. The van der Waals surface area contributed by atoms with Gasteiger partial charge in [0.15, 0.2) is 0 Å². The van der Waals surface area contributed by atoms with Crippen LogP contribution >= 0.6 is 0 Å². The van der Waals surface area contributed by atoms with E-state index in [1.54, 1.807) is 38.1 Å². The van der Waals surface area contributed by atoms with Crippen molar-refractivity contribution in [1.82, 2.24) is 14.5 Å². The fraction of sp³-hybridized carbons (Fsp3) is 0.391. The third-order valence-corrected chi connectivity index (χ3v) is 7.53. The molecule has 0 unspecified atom stereocenters. The Morgan fingerprint density at radius 3 is 2.23 bits per heavy atom. The summed E-state index contributed by atoms with van der Waals surface area (Å²) in [7, 11) is -3.63. The van der Waals surface area contributed by atoms with Crippen molar-refractivity contribution in [2.75, 3.05) is 26.2 Å². The summed E-state index contributed by atoms with van der Waals surface area (Å²) in [5, 5.41) is 2.81. The number of benzene rings is 2. The highest BCUT2D eigenvalue weighted by Crippen LogP contribution is 2.17. The number of hydrogen-bond donors (Lipinski definition) is 1. The van der Waals surface area contributed by atoms with E-state index in [1.165, 1.54) is 16.4 Å². The average molecular weight is 444 g/mol. The predicted molar refractivity (Wildman–Crippen MR) is 119 cm³/mol. The minimum Gasteiger partial charge on any atom is -0.348 e. The normalized spacial score (nSPS) is 14.1. The lowest BCUT2D eigenvalue weighted by molar-refractivity contribution is 0.0792. The van der Waals surface area contributed by atoms with Gasteiger partial charge in [0.1, 0.15) is 0 Å². The Kier molecular flexibility index (Phi) is 7.46. The van der Waals surface area contributed by atoms with Gasteiger partial charge in [-0.3, -0.25) is 9.59 Å². The van der Waals surface area contributed by atoms with Gasteiger partial charge in [0.05, 0.1) is 4.90 Å². The molecule has 2 aromatic rings. The Balaban J connectivity index is 1.64. The smallest absolute Gasteiger partial charge is 0.253 e. The SMILES string of the molecule is CCN(CC)S(=O)(=O)c1cccc(C(=O)NCc2ccc(C(=O)N3CCCC3)cc2)c1. The van der Waals surface area contributed by atoms with E-state index in [1.807, 2.05) is 17.0 Å². The molecule has 0 spiro atoms. The number of amides is 2. The summed E-state index contributed by atoms with van der Waals surface area (Å²) in [6, 6.07) is 13.3. The first-order valence-corrected chi connectivity index (χ1v) is 12.1. The molecule has 7 nitrogen and oxygen atoms in total. The minimum atomic E-state index is -3.63. The molecular weight excluding hydrogens is 414 g/mol. The Morgan fingerprint density at radius 1 is 0.968 bits per heavy atom. The van der Waals surface area contributed by atoms with Crippen molar-refractivity contribution in [2.45, 2.75) is 38.1 Å². The van der Waals surface area contributed by atoms with Gasteiger partial charge < -0.3 is 10.2 Å². The second-order valence-corrected chi connectivity index (χ2v) is 9.43. The molecule has 1 N–H and O–H groups in total. The number of sulfonamides is 1. The number of rotatable bonds is 8.